The molecule has 3 aromatic carbocycles. The lowest BCUT2D eigenvalue weighted by Gasteiger charge is -2.19. The molecule has 1 aliphatic rings. The van der Waals surface area contributed by atoms with Crippen LogP contribution >= 0.6 is 12.2 Å². The number of hydrogen-bond acceptors (Lipinski definition) is 6. The molecular weight excluding hydrogens is 488 g/mol. The van der Waals surface area contributed by atoms with Gasteiger partial charge in [-0.05, 0) is 65.7 Å². The molecule has 0 aromatic heterocycles. The molecule has 0 bridgehead atoms. The number of nitrogens with zero attached hydrogens (tertiary/aromatic N) is 2. The highest BCUT2D eigenvalue weighted by Crippen LogP contribution is 2.33. The summed E-state index contributed by atoms with van der Waals surface area (Å²) >= 11 is 5.63. The second kappa shape index (κ2) is 11.7. The zero-order chi connectivity index (χ0) is 26.4. The maximum absolute atomic E-state index is 13.6. The Morgan fingerprint density at radius 3 is 2.32 bits per heavy atom. The molecule has 0 aliphatic carbocycles. The van der Waals surface area contributed by atoms with Crippen molar-refractivity contribution in [2.45, 2.75) is 20.0 Å². The molecule has 1 fully saturated rings. The Morgan fingerprint density at radius 1 is 0.946 bits per heavy atom. The summed E-state index contributed by atoms with van der Waals surface area (Å²) in [6, 6.07) is 22.8. The lowest BCUT2D eigenvalue weighted by molar-refractivity contribution is -0.140. The highest BCUT2D eigenvalue weighted by atomic mass is 32.1. The molecule has 8 heteroatoms. The first-order chi connectivity index (χ1) is 17.9. The van der Waals surface area contributed by atoms with Gasteiger partial charge < -0.3 is 19.1 Å². The number of rotatable bonds is 9. The number of amides is 1. The van der Waals surface area contributed by atoms with Crippen molar-refractivity contribution >= 4 is 41.0 Å². The number of anilines is 1. The van der Waals surface area contributed by atoms with Gasteiger partial charge in [0.15, 0.2) is 16.6 Å². The number of benzene rings is 3. The molecule has 0 N–H and O–H groups in total. The van der Waals surface area contributed by atoms with Crippen molar-refractivity contribution in [2.75, 3.05) is 25.7 Å². The van der Waals surface area contributed by atoms with Crippen molar-refractivity contribution in [1.82, 2.24) is 4.90 Å². The predicted octanol–water partition coefficient (Wildman–Crippen LogP) is 4.98. The van der Waals surface area contributed by atoms with Crippen LogP contribution in [0.15, 0.2) is 78.5 Å². The Morgan fingerprint density at radius 2 is 1.68 bits per heavy atom. The number of ether oxygens (including phenoxy) is 3. The van der Waals surface area contributed by atoms with E-state index >= 15 is 0 Å². The van der Waals surface area contributed by atoms with Crippen LogP contribution < -0.4 is 14.4 Å². The Balaban J connectivity index is 1.65. The molecule has 0 radical (unpaired) electrons. The Labute approximate surface area is 221 Å². The van der Waals surface area contributed by atoms with E-state index in [1.807, 2.05) is 60.7 Å². The van der Waals surface area contributed by atoms with E-state index < -0.39 is 5.97 Å². The molecule has 3 aromatic rings. The molecule has 190 valence electrons. The topological polar surface area (TPSA) is 68.3 Å². The number of thiocarbonyl (C=S) groups is 1. The summed E-state index contributed by atoms with van der Waals surface area (Å²) in [4.78, 5) is 28.6. The predicted molar refractivity (Wildman–Crippen MR) is 146 cm³/mol. The van der Waals surface area contributed by atoms with Crippen LogP contribution in [0.25, 0.3) is 6.08 Å². The van der Waals surface area contributed by atoms with Crippen LogP contribution in [0.3, 0.4) is 0 Å². The van der Waals surface area contributed by atoms with Gasteiger partial charge in [0, 0.05) is 0 Å². The molecule has 37 heavy (non-hydrogen) atoms. The third-order valence-electron chi connectivity index (χ3n) is 5.98. The zero-order valence-electron chi connectivity index (χ0n) is 21.0. The van der Waals surface area contributed by atoms with Gasteiger partial charge in [-0.1, -0.05) is 55.5 Å². The minimum Gasteiger partial charge on any atom is -0.493 e. The first kappa shape index (κ1) is 25.9. The van der Waals surface area contributed by atoms with E-state index in [-0.39, 0.29) is 23.3 Å². The van der Waals surface area contributed by atoms with E-state index in [2.05, 4.69) is 6.92 Å². The van der Waals surface area contributed by atoms with Crippen LogP contribution in [0.1, 0.15) is 23.6 Å². The fourth-order valence-electron chi connectivity index (χ4n) is 3.92. The second-order valence-corrected chi connectivity index (χ2v) is 8.68. The van der Waals surface area contributed by atoms with Crippen molar-refractivity contribution < 1.29 is 23.8 Å². The first-order valence-electron chi connectivity index (χ1n) is 11.8. The van der Waals surface area contributed by atoms with Gasteiger partial charge in [-0.2, -0.15) is 0 Å². The molecule has 7 nitrogen and oxygen atoms in total. The number of hydrogen-bond donors (Lipinski definition) is 0. The minimum atomic E-state index is -0.508. The monoisotopic (exact) mass is 516 g/mol. The summed E-state index contributed by atoms with van der Waals surface area (Å²) in [6.45, 7) is 2.26. The Hall–Kier alpha value is -4.17. The molecule has 1 amide bonds. The summed E-state index contributed by atoms with van der Waals surface area (Å²) < 4.78 is 16.3. The van der Waals surface area contributed by atoms with Crippen LogP contribution in [0.2, 0.25) is 0 Å². The SMILES string of the molecule is CCc1ccc(N2C(=O)/C(=C/c3ccc(OCc4ccccc4)c(OC)c3)N(CC(=O)OC)C2=S)cc1. The second-order valence-electron chi connectivity index (χ2n) is 8.32. The van der Waals surface area contributed by atoms with Gasteiger partial charge in [-0.3, -0.25) is 14.5 Å². The molecule has 0 atom stereocenters. The Kier molecular flexibility index (Phi) is 8.20. The smallest absolute Gasteiger partial charge is 0.325 e. The summed E-state index contributed by atoms with van der Waals surface area (Å²) in [5.74, 6) is 0.253. The van der Waals surface area contributed by atoms with Crippen LogP contribution in [0.4, 0.5) is 5.69 Å². The normalized spacial score (nSPS) is 14.3. The number of methoxy groups -OCH3 is 2. The Bertz CT molecular complexity index is 1320. The third-order valence-corrected chi connectivity index (χ3v) is 6.38. The third kappa shape index (κ3) is 5.81. The van der Waals surface area contributed by atoms with E-state index in [9.17, 15) is 9.59 Å². The standard InChI is InChI=1S/C29H28N2O5S/c1-4-20-10-13-23(14-11-20)31-28(33)24(30(29(31)37)18-27(32)35-3)16-22-12-15-25(26(17-22)34-2)36-19-21-8-6-5-7-9-21/h5-17H,4,18-19H2,1-3H3/b24-16-. The summed E-state index contributed by atoms with van der Waals surface area (Å²) in [6.07, 6.45) is 2.56. The molecular formula is C29H28N2O5S. The van der Waals surface area contributed by atoms with Crippen molar-refractivity contribution in [3.8, 4) is 11.5 Å². The van der Waals surface area contributed by atoms with Crippen molar-refractivity contribution in [2.24, 2.45) is 0 Å². The minimum absolute atomic E-state index is 0.189. The maximum atomic E-state index is 13.6. The van der Waals surface area contributed by atoms with Crippen LogP contribution in [-0.4, -0.2) is 42.7 Å². The highest BCUT2D eigenvalue weighted by Gasteiger charge is 2.40. The van der Waals surface area contributed by atoms with Crippen molar-refractivity contribution in [1.29, 1.82) is 0 Å². The number of carbonyl (C=O) groups excluding carboxylic acids is 2. The summed E-state index contributed by atoms with van der Waals surface area (Å²) in [7, 11) is 2.86. The molecule has 1 aliphatic heterocycles. The average molecular weight is 517 g/mol. The van der Waals surface area contributed by atoms with E-state index in [0.717, 1.165) is 17.5 Å². The quantitative estimate of drug-likeness (QED) is 0.226. The number of carbonyl (C=O) groups is 2. The molecule has 0 unspecified atom stereocenters. The summed E-state index contributed by atoms with van der Waals surface area (Å²) in [5.41, 5.74) is 3.76. The fourth-order valence-corrected chi connectivity index (χ4v) is 4.27. The van der Waals surface area contributed by atoms with Crippen LogP contribution in [0, 0.1) is 0 Å². The van der Waals surface area contributed by atoms with Gasteiger partial charge >= 0.3 is 5.97 Å². The first-order valence-corrected chi connectivity index (χ1v) is 12.2. The fraction of sp³-hybridized carbons (Fsp3) is 0.207. The van der Waals surface area contributed by atoms with Gasteiger partial charge in [0.1, 0.15) is 18.8 Å². The van der Waals surface area contributed by atoms with Crippen LogP contribution in [-0.2, 0) is 27.4 Å². The molecule has 1 heterocycles. The highest BCUT2D eigenvalue weighted by molar-refractivity contribution is 7.80. The molecule has 0 spiro atoms. The van der Waals surface area contributed by atoms with E-state index in [1.165, 1.54) is 16.9 Å². The number of esters is 1. The van der Waals surface area contributed by atoms with Crippen molar-refractivity contribution in [3.05, 3.63) is 95.2 Å². The van der Waals surface area contributed by atoms with Crippen molar-refractivity contribution in [3.63, 3.8) is 0 Å². The van der Waals surface area contributed by atoms with Gasteiger partial charge in [-0.15, -0.1) is 0 Å². The lowest BCUT2D eigenvalue weighted by atomic mass is 10.1. The van der Waals surface area contributed by atoms with Gasteiger partial charge in [-0.25, -0.2) is 0 Å². The maximum Gasteiger partial charge on any atom is 0.325 e. The number of aryl methyl sites for hydroxylation is 1. The average Bonchev–Trinajstić information content (AvgIpc) is 3.16. The van der Waals surface area contributed by atoms with E-state index in [1.54, 1.807) is 25.3 Å². The van der Waals surface area contributed by atoms with Crippen LogP contribution in [0.5, 0.6) is 11.5 Å². The van der Waals surface area contributed by atoms with E-state index in [0.29, 0.717) is 29.4 Å². The van der Waals surface area contributed by atoms with Gasteiger partial charge in [0.05, 0.1) is 19.9 Å². The molecule has 1 saturated heterocycles. The largest absolute Gasteiger partial charge is 0.493 e. The summed E-state index contributed by atoms with van der Waals surface area (Å²) in [5, 5.41) is 0.209. The van der Waals surface area contributed by atoms with E-state index in [4.69, 9.17) is 26.4 Å². The zero-order valence-corrected chi connectivity index (χ0v) is 21.8. The lowest BCUT2D eigenvalue weighted by Crippen LogP contribution is -2.35. The van der Waals surface area contributed by atoms with Gasteiger partial charge in [0.2, 0.25) is 0 Å². The molecule has 0 saturated carbocycles. The van der Waals surface area contributed by atoms with Gasteiger partial charge in [0.25, 0.3) is 5.91 Å². The molecule has 4 rings (SSSR count).